The number of likely N-dealkylation sites (tertiary alicyclic amines) is 1. The maximum atomic E-state index is 15.4. The van der Waals surface area contributed by atoms with Crippen LogP contribution in [0.15, 0.2) is 23.6 Å². The highest BCUT2D eigenvalue weighted by Gasteiger charge is 2.62. The molecule has 0 radical (unpaired) electrons. The molecular formula is C30H39FN6O5S. The van der Waals surface area contributed by atoms with Crippen LogP contribution in [-0.4, -0.2) is 111 Å². The summed E-state index contributed by atoms with van der Waals surface area (Å²) in [6, 6.07) is 4.94. The van der Waals surface area contributed by atoms with Crippen molar-refractivity contribution in [1.29, 1.82) is 5.26 Å². The fourth-order valence-corrected chi connectivity index (χ4v) is 7.01. The van der Waals surface area contributed by atoms with Crippen molar-refractivity contribution < 1.29 is 28.2 Å². The predicted molar refractivity (Wildman–Crippen MR) is 159 cm³/mol. The molecule has 3 saturated heterocycles. The second-order valence-corrected chi connectivity index (χ2v) is 12.7. The molecule has 1 aromatic heterocycles. The van der Waals surface area contributed by atoms with Crippen LogP contribution in [0.5, 0.6) is 0 Å². The van der Waals surface area contributed by atoms with Crippen molar-refractivity contribution >= 4 is 28.3 Å². The minimum atomic E-state index is -1.23. The first-order valence-electron chi connectivity index (χ1n) is 14.5. The van der Waals surface area contributed by atoms with Gasteiger partial charge in [-0.25, -0.2) is 9.37 Å². The van der Waals surface area contributed by atoms with E-state index < -0.39 is 41.6 Å². The summed E-state index contributed by atoms with van der Waals surface area (Å²) in [5, 5.41) is 15.3. The number of carbonyl (C=O) groups is 2. The summed E-state index contributed by atoms with van der Waals surface area (Å²) in [5.41, 5.74) is 0.926. The summed E-state index contributed by atoms with van der Waals surface area (Å²) in [7, 11) is 5.03. The lowest BCUT2D eigenvalue weighted by atomic mass is 9.98. The van der Waals surface area contributed by atoms with Crippen LogP contribution in [0.25, 0.3) is 11.3 Å². The van der Waals surface area contributed by atoms with Crippen molar-refractivity contribution in [3.8, 4) is 17.3 Å². The molecule has 4 atom stereocenters. The van der Waals surface area contributed by atoms with E-state index in [9.17, 15) is 14.9 Å². The van der Waals surface area contributed by atoms with E-state index in [1.54, 1.807) is 12.1 Å². The van der Waals surface area contributed by atoms with Gasteiger partial charge in [-0.2, -0.15) is 5.26 Å². The number of nitriles is 1. The van der Waals surface area contributed by atoms with Gasteiger partial charge in [0, 0.05) is 63.5 Å². The van der Waals surface area contributed by atoms with Gasteiger partial charge in [-0.15, -0.1) is 11.3 Å². The van der Waals surface area contributed by atoms with Crippen molar-refractivity contribution in [1.82, 2.24) is 20.1 Å². The van der Waals surface area contributed by atoms with Crippen LogP contribution in [0, 0.1) is 29.0 Å². The number of thiazole rings is 1. The van der Waals surface area contributed by atoms with Crippen molar-refractivity contribution in [2.45, 2.75) is 44.2 Å². The summed E-state index contributed by atoms with van der Waals surface area (Å²) in [5.74, 6) is -3.23. The molecule has 5 rings (SSSR count). The predicted octanol–water partition coefficient (Wildman–Crippen LogP) is 2.58. The van der Waals surface area contributed by atoms with Gasteiger partial charge in [-0.05, 0) is 37.6 Å². The number of aromatic nitrogens is 1. The Hall–Kier alpha value is -3.15. The smallest absolute Gasteiger partial charge is 0.252 e. The highest BCUT2D eigenvalue weighted by atomic mass is 32.1. The van der Waals surface area contributed by atoms with E-state index in [-0.39, 0.29) is 30.5 Å². The van der Waals surface area contributed by atoms with E-state index in [2.05, 4.69) is 33.2 Å². The van der Waals surface area contributed by atoms with Gasteiger partial charge in [0.15, 0.2) is 5.13 Å². The molecule has 3 aliphatic heterocycles. The number of fused-ring (bicyclic) bond motifs is 1. The minimum Gasteiger partial charge on any atom is -0.369 e. The number of likely N-dealkylation sites (N-methyl/N-ethyl adjacent to an activating group) is 1. The second-order valence-electron chi connectivity index (χ2n) is 11.8. The molecule has 1 N–H and O–H groups in total. The zero-order valence-corrected chi connectivity index (χ0v) is 26.0. The molecule has 0 bridgehead atoms. The van der Waals surface area contributed by atoms with Crippen molar-refractivity contribution in [3.05, 3.63) is 35.0 Å². The Morgan fingerprint density at radius 2 is 1.98 bits per heavy atom. The summed E-state index contributed by atoms with van der Waals surface area (Å²) >= 11 is 1.47. The summed E-state index contributed by atoms with van der Waals surface area (Å²) in [6.45, 7) is 7.70. The van der Waals surface area contributed by atoms with Gasteiger partial charge < -0.3 is 34.2 Å². The highest BCUT2D eigenvalue weighted by Crippen LogP contribution is 2.41. The molecule has 2 amide bonds. The van der Waals surface area contributed by atoms with Gasteiger partial charge in [0.25, 0.3) is 5.91 Å². The lowest BCUT2D eigenvalue weighted by Gasteiger charge is -2.37. The number of rotatable bonds is 9. The van der Waals surface area contributed by atoms with Crippen molar-refractivity contribution in [3.63, 3.8) is 0 Å². The Labute approximate surface area is 255 Å². The average molecular weight is 615 g/mol. The van der Waals surface area contributed by atoms with E-state index in [0.717, 1.165) is 31.3 Å². The van der Waals surface area contributed by atoms with Crippen molar-refractivity contribution in [2.24, 2.45) is 11.8 Å². The van der Waals surface area contributed by atoms with E-state index in [1.165, 1.54) is 36.5 Å². The first kappa shape index (κ1) is 31.3. The number of halogens is 1. The summed E-state index contributed by atoms with van der Waals surface area (Å²) in [6.07, 6.45) is -0.230. The van der Waals surface area contributed by atoms with Crippen LogP contribution in [0.1, 0.15) is 30.6 Å². The molecule has 3 fully saturated rings. The first-order valence-corrected chi connectivity index (χ1v) is 15.4. The quantitative estimate of drug-likeness (QED) is 0.425. The van der Waals surface area contributed by atoms with Crippen LogP contribution in [0.4, 0.5) is 9.52 Å². The van der Waals surface area contributed by atoms with Gasteiger partial charge in [-0.3, -0.25) is 9.59 Å². The van der Waals surface area contributed by atoms with Gasteiger partial charge in [-0.1, -0.05) is 13.8 Å². The third-order valence-electron chi connectivity index (χ3n) is 8.59. The number of benzene rings is 1. The standard InChI is InChI=1S/C30H39FN6O5S/c1-18(2)12-23(28(39)37-15-20(14-32)25-26(37)30(40-4,41-5)17-42-25)33-27(38)19-6-7-21(22(31)13-19)24-16-43-29(34-24)36-10-8-35(3)9-11-36/h6-7,13,16,18,20,23,25-26H,8-12,15,17H2,1-5H3,(H,33,38)/t20-,23+,25?,26+/m1/s1. The molecule has 1 aromatic carbocycles. The molecule has 0 saturated carbocycles. The van der Waals surface area contributed by atoms with Crippen molar-refractivity contribution in [2.75, 3.05) is 65.5 Å². The molecule has 1 unspecified atom stereocenters. The first-order chi connectivity index (χ1) is 20.6. The second kappa shape index (κ2) is 12.8. The number of nitrogens with one attached hydrogen (secondary N) is 1. The molecule has 13 heteroatoms. The molecule has 232 valence electrons. The molecule has 2 aromatic rings. The summed E-state index contributed by atoms with van der Waals surface area (Å²) < 4.78 is 32.5. The fourth-order valence-electron chi connectivity index (χ4n) is 6.13. The van der Waals surface area contributed by atoms with Crippen LogP contribution < -0.4 is 10.2 Å². The number of methoxy groups -OCH3 is 2. The lowest BCUT2D eigenvalue weighted by molar-refractivity contribution is -0.227. The normalized spacial score (nSPS) is 24.2. The molecule has 4 heterocycles. The zero-order chi connectivity index (χ0) is 30.9. The third kappa shape index (κ3) is 6.12. The Morgan fingerprint density at radius 3 is 2.60 bits per heavy atom. The monoisotopic (exact) mass is 614 g/mol. The maximum Gasteiger partial charge on any atom is 0.252 e. The molecule has 11 nitrogen and oxygen atoms in total. The third-order valence-corrected chi connectivity index (χ3v) is 9.49. The van der Waals surface area contributed by atoms with E-state index in [1.807, 2.05) is 19.2 Å². The van der Waals surface area contributed by atoms with Gasteiger partial charge >= 0.3 is 0 Å². The number of amides is 2. The van der Waals surface area contributed by atoms with E-state index in [0.29, 0.717) is 17.7 Å². The lowest BCUT2D eigenvalue weighted by Crippen LogP contribution is -2.58. The Kier molecular flexibility index (Phi) is 9.34. The topological polar surface area (TPSA) is 120 Å². The van der Waals surface area contributed by atoms with E-state index in [4.69, 9.17) is 14.2 Å². The number of piperazine rings is 1. The zero-order valence-electron chi connectivity index (χ0n) is 25.2. The number of hydrogen-bond acceptors (Lipinski definition) is 10. The van der Waals surface area contributed by atoms with Crippen LogP contribution in [0.3, 0.4) is 0 Å². The van der Waals surface area contributed by atoms with Gasteiger partial charge in [0.05, 0.1) is 17.7 Å². The Balaban J connectivity index is 1.33. The molecular weight excluding hydrogens is 575 g/mol. The number of carbonyl (C=O) groups excluding carboxylic acids is 2. The number of anilines is 1. The number of hydrogen-bond donors (Lipinski definition) is 1. The molecule has 3 aliphatic rings. The average Bonchev–Trinajstić information content (AvgIpc) is 3.72. The molecule has 0 aliphatic carbocycles. The maximum absolute atomic E-state index is 15.4. The molecule has 0 spiro atoms. The fraction of sp³-hybridized carbons (Fsp3) is 0.600. The summed E-state index contributed by atoms with van der Waals surface area (Å²) in [4.78, 5) is 38.0. The minimum absolute atomic E-state index is 0.0622. The number of ether oxygens (including phenoxy) is 3. The SMILES string of the molecule is COC1(OC)COC2[C@H](C#N)CN(C(=O)[C@H](CC(C)C)NC(=O)c3ccc(-c4csc(N5CCN(C)CC5)n4)c(F)c3)[C@@H]21. The van der Waals surface area contributed by atoms with E-state index >= 15 is 4.39 Å². The Bertz CT molecular complexity index is 1370. The number of nitrogens with zero attached hydrogens (tertiary/aromatic N) is 5. The van der Waals surface area contributed by atoms with Crippen LogP contribution in [-0.2, 0) is 19.0 Å². The Morgan fingerprint density at radius 1 is 1.26 bits per heavy atom. The largest absolute Gasteiger partial charge is 0.369 e. The highest BCUT2D eigenvalue weighted by molar-refractivity contribution is 7.14. The van der Waals surface area contributed by atoms with Gasteiger partial charge in [0.2, 0.25) is 11.7 Å². The molecule has 43 heavy (non-hydrogen) atoms. The van der Waals surface area contributed by atoms with Gasteiger partial charge in [0.1, 0.15) is 30.6 Å². The van der Waals surface area contributed by atoms with Crippen LogP contribution >= 0.6 is 11.3 Å². The van der Waals surface area contributed by atoms with Crippen LogP contribution in [0.2, 0.25) is 0 Å².